The van der Waals surface area contributed by atoms with E-state index in [0.29, 0.717) is 0 Å². The van der Waals surface area contributed by atoms with Gasteiger partial charge in [0.05, 0.1) is 12.4 Å². The van der Waals surface area contributed by atoms with Gasteiger partial charge in [0.25, 0.3) is 0 Å². The molecule has 1 aromatic carbocycles. The molecule has 2 rings (SSSR count). The number of benzene rings is 1. The van der Waals surface area contributed by atoms with Gasteiger partial charge in [-0.1, -0.05) is 28.1 Å². The van der Waals surface area contributed by atoms with Gasteiger partial charge in [-0.3, -0.25) is 0 Å². The summed E-state index contributed by atoms with van der Waals surface area (Å²) in [6.45, 7) is 0.185. The Hall–Kier alpha value is -1.02. The highest BCUT2D eigenvalue weighted by atomic mass is 79.9. The van der Waals surface area contributed by atoms with Crippen LogP contribution in [0.5, 0.6) is 0 Å². The first-order valence-electron chi connectivity index (χ1n) is 5.19. The summed E-state index contributed by atoms with van der Waals surface area (Å²) in [6.07, 6.45) is 2.33. The summed E-state index contributed by atoms with van der Waals surface area (Å²) in [4.78, 5) is 7.26. The molecule has 0 fully saturated rings. The van der Waals surface area contributed by atoms with Crippen LogP contribution in [0.3, 0.4) is 0 Å². The Balaban J connectivity index is 2.12. The van der Waals surface area contributed by atoms with Crippen LogP contribution in [0.15, 0.2) is 46.0 Å². The maximum absolute atomic E-state index is 12.0. The summed E-state index contributed by atoms with van der Waals surface area (Å²) in [5, 5.41) is 0.00550. The number of halogens is 2. The smallest absolute Gasteiger partial charge is 0.225 e. The third-order valence-corrected chi connectivity index (χ3v) is 4.31. The van der Waals surface area contributed by atoms with Crippen LogP contribution in [0.1, 0.15) is 5.56 Å². The van der Waals surface area contributed by atoms with Gasteiger partial charge >= 0.3 is 0 Å². The first-order chi connectivity index (χ1) is 8.97. The fourth-order valence-corrected chi connectivity index (χ4v) is 2.80. The molecule has 2 aromatic rings. The molecule has 0 aliphatic rings. The van der Waals surface area contributed by atoms with Crippen LogP contribution >= 0.6 is 27.5 Å². The van der Waals surface area contributed by atoms with Gasteiger partial charge in [-0.15, -0.1) is 0 Å². The minimum absolute atomic E-state index is 0.00550. The molecule has 0 spiro atoms. The molecule has 100 valence electrons. The molecule has 0 amide bonds. The molecule has 0 atom stereocenters. The van der Waals surface area contributed by atoms with Gasteiger partial charge in [0.1, 0.15) is 4.90 Å². The zero-order valence-corrected chi connectivity index (χ0v) is 12.7. The Labute approximate surface area is 124 Å². The van der Waals surface area contributed by atoms with Gasteiger partial charge < -0.3 is 0 Å². The molecule has 0 aliphatic carbocycles. The lowest BCUT2D eigenvalue weighted by atomic mass is 10.2. The molecule has 0 unspecified atom stereocenters. The van der Waals surface area contributed by atoms with Gasteiger partial charge in [0.15, 0.2) is 0 Å². The van der Waals surface area contributed by atoms with Crippen LogP contribution < -0.4 is 4.72 Å². The number of nitrogens with one attached hydrogen (secondary N) is 1. The van der Waals surface area contributed by atoms with E-state index in [0.717, 1.165) is 10.0 Å². The third kappa shape index (κ3) is 3.97. The maximum Gasteiger partial charge on any atom is 0.243 e. The number of hydrogen-bond donors (Lipinski definition) is 1. The van der Waals surface area contributed by atoms with E-state index in [4.69, 9.17) is 11.6 Å². The number of sulfonamides is 1. The fraction of sp³-hybridized carbons (Fsp3) is 0.0909. The van der Waals surface area contributed by atoms with Crippen molar-refractivity contribution >= 4 is 37.6 Å². The molecule has 1 aromatic heterocycles. The highest BCUT2D eigenvalue weighted by Crippen LogP contribution is 2.13. The standard InChI is InChI=1S/C11H9BrClN3O2S/c12-9-3-1-2-8(4-9)5-16-19(17,18)10-6-14-11(13)15-7-10/h1-4,6-7,16H,5H2. The number of hydrogen-bond acceptors (Lipinski definition) is 4. The second kappa shape index (κ2) is 5.96. The van der Waals surface area contributed by atoms with E-state index in [1.54, 1.807) is 0 Å². The lowest BCUT2D eigenvalue weighted by Gasteiger charge is -2.06. The van der Waals surface area contributed by atoms with E-state index in [2.05, 4.69) is 30.6 Å². The predicted octanol–water partition coefficient (Wildman–Crippen LogP) is 2.37. The van der Waals surface area contributed by atoms with Crippen molar-refractivity contribution in [1.29, 1.82) is 0 Å². The van der Waals surface area contributed by atoms with Crippen LogP contribution in [0.25, 0.3) is 0 Å². The first kappa shape index (κ1) is 14.4. The Bertz CT molecular complexity index is 677. The van der Waals surface area contributed by atoms with Crippen LogP contribution in [-0.4, -0.2) is 18.4 Å². The summed E-state index contributed by atoms with van der Waals surface area (Å²) in [6, 6.07) is 7.36. The van der Waals surface area contributed by atoms with Gasteiger partial charge in [0, 0.05) is 11.0 Å². The molecule has 0 bridgehead atoms. The van der Waals surface area contributed by atoms with Crippen molar-refractivity contribution < 1.29 is 8.42 Å². The first-order valence-corrected chi connectivity index (χ1v) is 7.84. The van der Waals surface area contributed by atoms with Gasteiger partial charge in [0.2, 0.25) is 15.3 Å². The molecule has 0 saturated heterocycles. The summed E-state index contributed by atoms with van der Waals surface area (Å²) in [7, 11) is -3.64. The molecule has 0 saturated carbocycles. The van der Waals surface area contributed by atoms with Crippen molar-refractivity contribution in [2.24, 2.45) is 0 Å². The van der Waals surface area contributed by atoms with E-state index in [9.17, 15) is 8.42 Å². The van der Waals surface area contributed by atoms with Crippen molar-refractivity contribution in [3.05, 3.63) is 52.0 Å². The molecule has 1 heterocycles. The van der Waals surface area contributed by atoms with Crippen LogP contribution in [0, 0.1) is 0 Å². The van der Waals surface area contributed by atoms with E-state index < -0.39 is 10.0 Å². The molecular formula is C11H9BrClN3O2S. The average molecular weight is 363 g/mol. The third-order valence-electron chi connectivity index (χ3n) is 2.26. The lowest BCUT2D eigenvalue weighted by Crippen LogP contribution is -2.23. The Kier molecular flexibility index (Phi) is 4.51. The zero-order valence-electron chi connectivity index (χ0n) is 9.55. The SMILES string of the molecule is O=S(=O)(NCc1cccc(Br)c1)c1cnc(Cl)nc1. The van der Waals surface area contributed by atoms with Gasteiger partial charge in [-0.2, -0.15) is 0 Å². The Morgan fingerprint density at radius 1 is 1.26 bits per heavy atom. The lowest BCUT2D eigenvalue weighted by molar-refractivity contribution is 0.580. The number of nitrogens with zero attached hydrogens (tertiary/aromatic N) is 2. The highest BCUT2D eigenvalue weighted by molar-refractivity contribution is 9.10. The minimum Gasteiger partial charge on any atom is -0.225 e. The molecule has 1 N–H and O–H groups in total. The Morgan fingerprint density at radius 2 is 1.95 bits per heavy atom. The molecule has 0 aliphatic heterocycles. The van der Waals surface area contributed by atoms with E-state index in [-0.39, 0.29) is 16.7 Å². The normalized spacial score (nSPS) is 11.5. The van der Waals surface area contributed by atoms with Gasteiger partial charge in [-0.05, 0) is 29.3 Å². The molecular weight excluding hydrogens is 354 g/mol. The fourth-order valence-electron chi connectivity index (χ4n) is 1.35. The topological polar surface area (TPSA) is 72.0 Å². The summed E-state index contributed by atoms with van der Waals surface area (Å²) in [5.41, 5.74) is 0.841. The van der Waals surface area contributed by atoms with E-state index >= 15 is 0 Å². The summed E-state index contributed by atoms with van der Waals surface area (Å²) in [5.74, 6) is 0. The minimum atomic E-state index is -3.64. The average Bonchev–Trinajstić information content (AvgIpc) is 2.37. The van der Waals surface area contributed by atoms with Crippen molar-refractivity contribution in [2.45, 2.75) is 11.4 Å². The van der Waals surface area contributed by atoms with E-state index in [1.165, 1.54) is 12.4 Å². The Morgan fingerprint density at radius 3 is 2.58 bits per heavy atom. The predicted molar refractivity (Wildman–Crippen MR) is 75.2 cm³/mol. The summed E-state index contributed by atoms with van der Waals surface area (Å²) >= 11 is 8.83. The van der Waals surface area contributed by atoms with Crippen molar-refractivity contribution in [3.63, 3.8) is 0 Å². The monoisotopic (exact) mass is 361 g/mol. The molecule has 19 heavy (non-hydrogen) atoms. The number of aromatic nitrogens is 2. The molecule has 0 radical (unpaired) electrons. The largest absolute Gasteiger partial charge is 0.243 e. The van der Waals surface area contributed by atoms with Gasteiger partial charge in [-0.25, -0.2) is 23.1 Å². The summed E-state index contributed by atoms with van der Waals surface area (Å²) < 4.78 is 27.3. The molecule has 8 heteroatoms. The van der Waals surface area contributed by atoms with Crippen molar-refractivity contribution in [3.8, 4) is 0 Å². The molecule has 5 nitrogen and oxygen atoms in total. The van der Waals surface area contributed by atoms with E-state index in [1.807, 2.05) is 24.3 Å². The second-order valence-electron chi connectivity index (χ2n) is 3.64. The van der Waals surface area contributed by atoms with Crippen LogP contribution in [0.2, 0.25) is 5.28 Å². The number of rotatable bonds is 4. The van der Waals surface area contributed by atoms with Crippen LogP contribution in [0.4, 0.5) is 0 Å². The second-order valence-corrected chi connectivity index (χ2v) is 6.66. The quantitative estimate of drug-likeness (QED) is 0.848. The van der Waals surface area contributed by atoms with Crippen molar-refractivity contribution in [2.75, 3.05) is 0 Å². The van der Waals surface area contributed by atoms with Crippen molar-refractivity contribution in [1.82, 2.24) is 14.7 Å². The van der Waals surface area contributed by atoms with Crippen LogP contribution in [-0.2, 0) is 16.6 Å². The maximum atomic E-state index is 12.0. The highest BCUT2D eigenvalue weighted by Gasteiger charge is 2.14. The zero-order chi connectivity index (χ0) is 13.9.